The van der Waals surface area contributed by atoms with Crippen molar-refractivity contribution in [2.75, 3.05) is 13.2 Å². The Kier molecular flexibility index (Phi) is 10.5. The summed E-state index contributed by atoms with van der Waals surface area (Å²) in [4.78, 5) is 12.9. The monoisotopic (exact) mass is 555 g/mol. The third kappa shape index (κ3) is 8.80. The van der Waals surface area contributed by atoms with E-state index in [-0.39, 0.29) is 22.6 Å². The van der Waals surface area contributed by atoms with Crippen LogP contribution < -0.4 is 4.74 Å². The lowest BCUT2D eigenvalue weighted by Gasteiger charge is -2.36. The first kappa shape index (κ1) is 31.8. The van der Waals surface area contributed by atoms with E-state index in [1.165, 1.54) is 4.31 Å². The van der Waals surface area contributed by atoms with Crippen molar-refractivity contribution in [2.24, 2.45) is 0 Å². The Balaban J connectivity index is 2.08. The third-order valence-electron chi connectivity index (χ3n) is 7.17. The van der Waals surface area contributed by atoms with E-state index in [0.717, 1.165) is 31.4 Å². The lowest BCUT2D eigenvalue weighted by molar-refractivity contribution is -0.158. The van der Waals surface area contributed by atoms with Gasteiger partial charge in [-0.25, -0.2) is 8.42 Å². The van der Waals surface area contributed by atoms with Crippen molar-refractivity contribution in [1.29, 1.82) is 0 Å². The number of rotatable bonds is 11. The highest BCUT2D eigenvalue weighted by Crippen LogP contribution is 2.37. The summed E-state index contributed by atoms with van der Waals surface area (Å²) in [6.07, 6.45) is 3.55. The van der Waals surface area contributed by atoms with E-state index >= 15 is 0 Å². The predicted molar refractivity (Wildman–Crippen MR) is 151 cm³/mol. The highest BCUT2D eigenvalue weighted by atomic mass is 32.2. The molecule has 212 valence electrons. The number of hydrogen-bond donors (Lipinski definition) is 0. The van der Waals surface area contributed by atoms with Crippen LogP contribution in [0, 0.1) is 6.92 Å². The lowest BCUT2D eigenvalue weighted by Crippen LogP contribution is -2.43. The van der Waals surface area contributed by atoms with E-state index in [4.69, 9.17) is 13.9 Å². The molecule has 1 aliphatic heterocycles. The zero-order valence-electron chi connectivity index (χ0n) is 24.6. The van der Waals surface area contributed by atoms with Gasteiger partial charge in [-0.15, -0.1) is 0 Å². The Morgan fingerprint density at radius 1 is 1.14 bits per heavy atom. The van der Waals surface area contributed by atoms with Gasteiger partial charge in [0.05, 0.1) is 6.10 Å². The second-order valence-corrected chi connectivity index (χ2v) is 19.5. The summed E-state index contributed by atoms with van der Waals surface area (Å²) >= 11 is 0. The molecule has 0 bridgehead atoms. The highest BCUT2D eigenvalue weighted by Gasteiger charge is 2.42. The highest BCUT2D eigenvalue weighted by molar-refractivity contribution is 7.89. The molecule has 7 nitrogen and oxygen atoms in total. The molecule has 0 radical (unpaired) electrons. The molecule has 0 unspecified atom stereocenters. The van der Waals surface area contributed by atoms with Gasteiger partial charge in [0.25, 0.3) is 0 Å². The fourth-order valence-electron chi connectivity index (χ4n) is 4.03. The maximum atomic E-state index is 13.7. The first-order chi connectivity index (χ1) is 16.8. The molecule has 0 aliphatic carbocycles. The number of sulfonamides is 1. The van der Waals surface area contributed by atoms with E-state index in [1.54, 1.807) is 39.0 Å². The minimum Gasteiger partial charge on any atom is -0.489 e. The summed E-state index contributed by atoms with van der Waals surface area (Å²) in [5.41, 5.74) is 0.229. The maximum Gasteiger partial charge on any atom is 0.324 e. The molecule has 1 fully saturated rings. The van der Waals surface area contributed by atoms with Crippen LogP contribution in [0.3, 0.4) is 0 Å². The molecule has 0 aromatic heterocycles. The molecule has 2 atom stereocenters. The van der Waals surface area contributed by atoms with Crippen molar-refractivity contribution >= 4 is 24.3 Å². The summed E-state index contributed by atoms with van der Waals surface area (Å²) in [6.45, 7) is 21.5. The number of aryl methyl sites for hydroxylation is 1. The third-order valence-corrected chi connectivity index (χ3v) is 13.7. The number of benzene rings is 1. The van der Waals surface area contributed by atoms with Gasteiger partial charge in [-0.3, -0.25) is 4.79 Å². The Hall–Kier alpha value is -1.42. The van der Waals surface area contributed by atoms with Gasteiger partial charge in [-0.05, 0) is 103 Å². The van der Waals surface area contributed by atoms with E-state index in [0.29, 0.717) is 18.6 Å². The second kappa shape index (κ2) is 12.2. The minimum atomic E-state index is -3.95. The van der Waals surface area contributed by atoms with E-state index in [9.17, 15) is 13.2 Å². The molecule has 0 saturated carbocycles. The molecule has 1 aromatic rings. The van der Waals surface area contributed by atoms with Crippen LogP contribution in [0.25, 0.3) is 0 Å². The van der Waals surface area contributed by atoms with Crippen molar-refractivity contribution in [2.45, 2.75) is 128 Å². The number of esters is 1. The molecule has 0 spiro atoms. The summed E-state index contributed by atoms with van der Waals surface area (Å²) in [7, 11) is -5.70. The number of unbranched alkanes of at least 4 members (excludes halogenated alkanes) is 1. The Morgan fingerprint density at radius 3 is 2.38 bits per heavy atom. The van der Waals surface area contributed by atoms with Gasteiger partial charge in [-0.1, -0.05) is 26.8 Å². The summed E-state index contributed by atoms with van der Waals surface area (Å²) in [5.74, 6) is -0.170. The molecule has 0 amide bonds. The molecule has 0 N–H and O–H groups in total. The van der Waals surface area contributed by atoms with Crippen molar-refractivity contribution in [3.8, 4) is 5.75 Å². The van der Waals surface area contributed by atoms with Gasteiger partial charge in [-0.2, -0.15) is 4.31 Å². The average Bonchev–Trinajstić information content (AvgIpc) is 3.22. The van der Waals surface area contributed by atoms with Crippen molar-refractivity contribution in [3.05, 3.63) is 23.8 Å². The van der Waals surface area contributed by atoms with Crippen molar-refractivity contribution in [3.63, 3.8) is 0 Å². The summed E-state index contributed by atoms with van der Waals surface area (Å²) in [5, 5.41) is 0.189. The van der Waals surface area contributed by atoms with Gasteiger partial charge in [0.2, 0.25) is 10.0 Å². The maximum absolute atomic E-state index is 13.7. The van der Waals surface area contributed by atoms with E-state index < -0.39 is 36.0 Å². The number of carbonyl (C=O) groups is 1. The molecule has 1 aromatic carbocycles. The fourth-order valence-corrected chi connectivity index (χ4v) is 6.87. The van der Waals surface area contributed by atoms with Gasteiger partial charge in [0.1, 0.15) is 22.3 Å². The smallest absolute Gasteiger partial charge is 0.324 e. The standard InChI is InChI=1S/C28H49NO6SSi/c1-21-16-17-25(36(31,32)29-18-13-15-23(29)26(30)35-27(3,4)5)24(20-21)34-22(2)14-11-12-19-33-37(9,10)28(6,7)8/h16-17,20,22-23H,11-15,18-19H2,1-10H3/t22-,23+/m1/s1. The van der Waals surface area contributed by atoms with Gasteiger partial charge in [0, 0.05) is 13.2 Å². The first-order valence-electron chi connectivity index (χ1n) is 13.5. The minimum absolute atomic E-state index is 0.0988. The molecule has 1 saturated heterocycles. The molecular weight excluding hydrogens is 506 g/mol. The normalized spacial score (nSPS) is 18.6. The van der Waals surface area contributed by atoms with Crippen LogP contribution in [0.5, 0.6) is 5.75 Å². The largest absolute Gasteiger partial charge is 0.489 e. The van der Waals surface area contributed by atoms with Crippen LogP contribution in [0.15, 0.2) is 23.1 Å². The van der Waals surface area contributed by atoms with Crippen LogP contribution in [0.4, 0.5) is 0 Å². The predicted octanol–water partition coefficient (Wildman–Crippen LogP) is 6.45. The quantitative estimate of drug-likeness (QED) is 0.177. The Labute approximate surface area is 226 Å². The SMILES string of the molecule is Cc1ccc(S(=O)(=O)N2CCC[C@H]2C(=O)OC(C)(C)C)c(O[C@H](C)CCCCO[Si](C)(C)C(C)(C)C)c1. The molecule has 2 rings (SSSR count). The lowest BCUT2D eigenvalue weighted by atomic mass is 10.2. The molecule has 9 heteroatoms. The fraction of sp³-hybridized carbons (Fsp3) is 0.750. The second-order valence-electron chi connectivity index (χ2n) is 12.8. The summed E-state index contributed by atoms with van der Waals surface area (Å²) in [6, 6.07) is 4.30. The number of hydrogen-bond acceptors (Lipinski definition) is 6. The number of carbonyl (C=O) groups excluding carboxylic acids is 1. The van der Waals surface area contributed by atoms with Crippen LogP contribution >= 0.6 is 0 Å². The van der Waals surface area contributed by atoms with Gasteiger partial charge < -0.3 is 13.9 Å². The zero-order valence-corrected chi connectivity index (χ0v) is 26.5. The average molecular weight is 556 g/mol. The first-order valence-corrected chi connectivity index (χ1v) is 17.9. The van der Waals surface area contributed by atoms with Crippen LogP contribution in [0.2, 0.25) is 18.1 Å². The van der Waals surface area contributed by atoms with Crippen molar-refractivity contribution in [1.82, 2.24) is 4.31 Å². The van der Waals surface area contributed by atoms with Crippen LogP contribution in [0.1, 0.15) is 86.1 Å². The number of ether oxygens (including phenoxy) is 2. The topological polar surface area (TPSA) is 82.1 Å². The number of nitrogens with zero attached hydrogens (tertiary/aromatic N) is 1. The molecule has 1 aliphatic rings. The van der Waals surface area contributed by atoms with Crippen LogP contribution in [-0.2, 0) is 24.0 Å². The Morgan fingerprint density at radius 2 is 1.78 bits per heavy atom. The molecular formula is C28H49NO6SSi. The molecule has 37 heavy (non-hydrogen) atoms. The molecule has 1 heterocycles. The summed E-state index contributed by atoms with van der Waals surface area (Å²) < 4.78 is 46.7. The Bertz CT molecular complexity index is 1030. The van der Waals surface area contributed by atoms with E-state index in [1.807, 2.05) is 13.8 Å². The van der Waals surface area contributed by atoms with Crippen molar-refractivity contribution < 1.29 is 27.1 Å². The van der Waals surface area contributed by atoms with Gasteiger partial charge in [0.15, 0.2) is 8.32 Å². The zero-order chi connectivity index (χ0) is 28.2. The van der Waals surface area contributed by atoms with Crippen LogP contribution in [-0.4, -0.2) is 57.9 Å². The van der Waals surface area contributed by atoms with E-state index in [2.05, 4.69) is 33.9 Å². The van der Waals surface area contributed by atoms with Gasteiger partial charge >= 0.3 is 5.97 Å².